The van der Waals surface area contributed by atoms with Crippen LogP contribution in [0.15, 0.2) is 68.7 Å². The van der Waals surface area contributed by atoms with E-state index in [4.69, 9.17) is 9.15 Å². The van der Waals surface area contributed by atoms with Gasteiger partial charge in [0.15, 0.2) is 5.58 Å². The molecule has 0 spiro atoms. The molecule has 29 heavy (non-hydrogen) atoms. The minimum atomic E-state index is -0.909. The van der Waals surface area contributed by atoms with E-state index < -0.39 is 12.6 Å². The predicted octanol–water partition coefficient (Wildman–Crippen LogP) is 4.05. The zero-order valence-corrected chi connectivity index (χ0v) is 16.0. The average molecular weight is 394 g/mol. The molecule has 0 saturated carbocycles. The molecule has 0 aliphatic carbocycles. The first kappa shape index (κ1) is 18.7. The fourth-order valence-electron chi connectivity index (χ4n) is 3.43. The Balaban J connectivity index is 1.84. The molecule has 0 saturated heterocycles. The van der Waals surface area contributed by atoms with Crippen molar-refractivity contribution in [3.05, 3.63) is 81.2 Å². The van der Waals surface area contributed by atoms with Gasteiger partial charge in [0.25, 0.3) is 5.56 Å². The summed E-state index contributed by atoms with van der Waals surface area (Å²) in [6.07, 6.45) is 1.76. The fraction of sp³-hybridized carbons (Fsp3) is 0.182. The summed E-state index contributed by atoms with van der Waals surface area (Å²) in [6, 6.07) is 13.7. The third kappa shape index (κ3) is 3.35. The second-order valence-corrected chi connectivity index (χ2v) is 6.62. The van der Waals surface area contributed by atoms with Gasteiger partial charge in [0, 0.05) is 30.1 Å². The smallest absolute Gasteiger partial charge is 0.419 e. The number of ether oxygens (including phenoxy) is 1. The quantitative estimate of drug-likeness (QED) is 0.512. The van der Waals surface area contributed by atoms with E-state index in [9.17, 15) is 14.0 Å². The summed E-state index contributed by atoms with van der Waals surface area (Å²) < 4.78 is 25.5. The highest BCUT2D eigenvalue weighted by atomic mass is 19.1. The lowest BCUT2D eigenvalue weighted by Crippen LogP contribution is -2.17. The highest BCUT2D eigenvalue weighted by Gasteiger charge is 2.12. The van der Waals surface area contributed by atoms with Crippen LogP contribution >= 0.6 is 0 Å². The molecule has 0 aliphatic heterocycles. The Kier molecular flexibility index (Phi) is 4.80. The van der Waals surface area contributed by atoms with Gasteiger partial charge >= 0.3 is 5.76 Å². The van der Waals surface area contributed by atoms with E-state index in [-0.39, 0.29) is 5.56 Å². The van der Waals surface area contributed by atoms with Crippen LogP contribution in [0.1, 0.15) is 12.5 Å². The van der Waals surface area contributed by atoms with E-state index in [1.807, 2.05) is 26.0 Å². The molecule has 0 radical (unpaired) electrons. The lowest BCUT2D eigenvalue weighted by Gasteiger charge is -2.12. The summed E-state index contributed by atoms with van der Waals surface area (Å²) in [4.78, 5) is 24.5. The minimum Gasteiger partial charge on any atom is -0.463 e. The second kappa shape index (κ2) is 7.43. The average Bonchev–Trinajstić information content (AvgIpc) is 3.03. The zero-order valence-electron chi connectivity index (χ0n) is 16.0. The van der Waals surface area contributed by atoms with Crippen molar-refractivity contribution in [1.82, 2.24) is 9.13 Å². The molecule has 6 nitrogen and oxygen atoms in total. The summed E-state index contributed by atoms with van der Waals surface area (Å²) >= 11 is 0. The zero-order chi connectivity index (χ0) is 20.5. The summed E-state index contributed by atoms with van der Waals surface area (Å²) in [7, 11) is 0. The number of halogens is 1. The molecule has 2 aromatic carbocycles. The molecule has 0 atom stereocenters. The maximum Gasteiger partial charge on any atom is 0.419 e. The summed E-state index contributed by atoms with van der Waals surface area (Å²) in [5.41, 5.74) is 4.22. The summed E-state index contributed by atoms with van der Waals surface area (Å²) in [5, 5.41) is 0. The maximum absolute atomic E-state index is 12.6. The van der Waals surface area contributed by atoms with Crippen LogP contribution < -0.4 is 16.1 Å². The van der Waals surface area contributed by atoms with Crippen molar-refractivity contribution in [1.29, 1.82) is 0 Å². The molecule has 0 bridgehead atoms. The van der Waals surface area contributed by atoms with Crippen molar-refractivity contribution >= 4 is 11.1 Å². The molecule has 2 aromatic heterocycles. The van der Waals surface area contributed by atoms with Crippen LogP contribution in [-0.4, -0.2) is 16.0 Å². The van der Waals surface area contributed by atoms with Crippen molar-refractivity contribution < 1.29 is 13.5 Å². The number of nitrogens with zero attached hydrogens (tertiary/aromatic N) is 2. The monoisotopic (exact) mass is 394 g/mol. The second-order valence-electron chi connectivity index (χ2n) is 6.62. The lowest BCUT2D eigenvalue weighted by atomic mass is 10.0. The Morgan fingerprint density at radius 3 is 2.52 bits per heavy atom. The number of benzene rings is 2. The Labute approximate surface area is 165 Å². The number of alkyl halides is 1. The van der Waals surface area contributed by atoms with Crippen LogP contribution in [0.3, 0.4) is 0 Å². The van der Waals surface area contributed by atoms with Crippen molar-refractivity contribution in [3.63, 3.8) is 0 Å². The molecule has 7 heteroatoms. The van der Waals surface area contributed by atoms with Crippen molar-refractivity contribution in [2.45, 2.75) is 20.4 Å². The number of oxazole rings is 1. The van der Waals surface area contributed by atoms with Gasteiger partial charge in [-0.05, 0) is 61.4 Å². The normalized spacial score (nSPS) is 11.1. The molecule has 0 aliphatic rings. The molecule has 0 amide bonds. The van der Waals surface area contributed by atoms with E-state index in [0.717, 1.165) is 16.7 Å². The highest BCUT2D eigenvalue weighted by Crippen LogP contribution is 2.27. The Morgan fingerprint density at radius 2 is 1.83 bits per heavy atom. The van der Waals surface area contributed by atoms with E-state index in [2.05, 4.69) is 0 Å². The van der Waals surface area contributed by atoms with Crippen LogP contribution in [0.2, 0.25) is 0 Å². The van der Waals surface area contributed by atoms with Crippen LogP contribution in [0.4, 0.5) is 4.39 Å². The third-order valence-corrected chi connectivity index (χ3v) is 4.89. The maximum atomic E-state index is 12.6. The van der Waals surface area contributed by atoms with Gasteiger partial charge in [0.05, 0.1) is 5.52 Å². The van der Waals surface area contributed by atoms with E-state index in [1.165, 1.54) is 4.57 Å². The number of pyridine rings is 1. The molecule has 0 unspecified atom stereocenters. The Hall–Kier alpha value is -3.61. The van der Waals surface area contributed by atoms with Crippen LogP contribution in [0.5, 0.6) is 5.75 Å². The molecule has 148 valence electrons. The number of aromatic nitrogens is 2. The molecular weight excluding hydrogens is 375 g/mol. The van der Waals surface area contributed by atoms with Crippen molar-refractivity contribution in [3.8, 4) is 22.6 Å². The molecule has 0 N–H and O–H groups in total. The molecule has 4 aromatic rings. The van der Waals surface area contributed by atoms with Gasteiger partial charge in [-0.25, -0.2) is 9.18 Å². The fourth-order valence-corrected chi connectivity index (χ4v) is 3.43. The SMILES string of the molecule is CCn1c(=O)oc2ccc(-c3cn(-c4ccc(OCF)cc4)c(=O)cc3C)cc21. The first-order chi connectivity index (χ1) is 14.0. The van der Waals surface area contributed by atoms with Crippen LogP contribution in [0.25, 0.3) is 27.9 Å². The van der Waals surface area contributed by atoms with Gasteiger partial charge in [-0.3, -0.25) is 13.9 Å². The molecule has 0 fully saturated rings. The summed E-state index contributed by atoms with van der Waals surface area (Å²) in [5.74, 6) is -0.00323. The predicted molar refractivity (Wildman–Crippen MR) is 109 cm³/mol. The van der Waals surface area contributed by atoms with Crippen LogP contribution in [-0.2, 0) is 6.54 Å². The number of aryl methyl sites for hydroxylation is 2. The largest absolute Gasteiger partial charge is 0.463 e. The van der Waals surface area contributed by atoms with Crippen LogP contribution in [0, 0.1) is 6.92 Å². The van der Waals surface area contributed by atoms with Gasteiger partial charge in [-0.15, -0.1) is 0 Å². The Bertz CT molecular complexity index is 1300. The number of rotatable bonds is 5. The molecule has 2 heterocycles. The van der Waals surface area contributed by atoms with E-state index >= 15 is 0 Å². The van der Waals surface area contributed by atoms with E-state index in [0.29, 0.717) is 29.1 Å². The first-order valence-corrected chi connectivity index (χ1v) is 9.18. The number of hydrogen-bond donors (Lipinski definition) is 0. The van der Waals surface area contributed by atoms with Gasteiger partial charge in [0.1, 0.15) is 5.75 Å². The standard InChI is InChI=1S/C22H19FN2O4/c1-3-24-19-11-15(4-9-20(19)29-22(24)27)18-12-25(21(26)10-14(18)2)16-5-7-17(8-6-16)28-13-23/h4-12H,3,13H2,1-2H3. The minimum absolute atomic E-state index is 0.180. The Morgan fingerprint density at radius 1 is 1.07 bits per heavy atom. The van der Waals surface area contributed by atoms with Crippen molar-refractivity contribution in [2.24, 2.45) is 0 Å². The van der Waals surface area contributed by atoms with Gasteiger partial charge < -0.3 is 9.15 Å². The number of hydrogen-bond acceptors (Lipinski definition) is 4. The molecule has 4 rings (SSSR count). The van der Waals surface area contributed by atoms with Gasteiger partial charge in [-0.2, -0.15) is 0 Å². The van der Waals surface area contributed by atoms with Gasteiger partial charge in [0.2, 0.25) is 6.86 Å². The highest BCUT2D eigenvalue weighted by molar-refractivity contribution is 5.81. The van der Waals surface area contributed by atoms with Gasteiger partial charge in [-0.1, -0.05) is 6.07 Å². The van der Waals surface area contributed by atoms with Crippen molar-refractivity contribution in [2.75, 3.05) is 6.86 Å². The lowest BCUT2D eigenvalue weighted by molar-refractivity contribution is 0.192. The first-order valence-electron chi connectivity index (χ1n) is 9.18. The van der Waals surface area contributed by atoms with E-state index in [1.54, 1.807) is 47.2 Å². The third-order valence-electron chi connectivity index (χ3n) is 4.89. The molecular formula is C22H19FN2O4. The summed E-state index contributed by atoms with van der Waals surface area (Å²) in [6.45, 7) is 3.34. The topological polar surface area (TPSA) is 66.4 Å². The number of fused-ring (bicyclic) bond motifs is 1.